The Bertz CT molecular complexity index is 891. The lowest BCUT2D eigenvalue weighted by Gasteiger charge is -2.36. The zero-order chi connectivity index (χ0) is 22.2. The van der Waals surface area contributed by atoms with Crippen molar-refractivity contribution < 1.29 is 14.4 Å². The van der Waals surface area contributed by atoms with Gasteiger partial charge in [-0.15, -0.1) is 0 Å². The van der Waals surface area contributed by atoms with Crippen molar-refractivity contribution in [2.75, 3.05) is 42.9 Å². The van der Waals surface area contributed by atoms with Crippen LogP contribution in [0.5, 0.6) is 0 Å². The van der Waals surface area contributed by atoms with E-state index in [-0.39, 0.29) is 24.4 Å². The van der Waals surface area contributed by atoms with Crippen molar-refractivity contribution in [1.82, 2.24) is 15.5 Å². The molecule has 8 heteroatoms. The SMILES string of the molecule is CC(C)NC(=O)c1ccc(NC(=O)NCC(=O)N2CCN(c3ccccc3)CC2)cc1. The lowest BCUT2D eigenvalue weighted by molar-refractivity contribution is -0.130. The lowest BCUT2D eigenvalue weighted by atomic mass is 10.2. The number of nitrogens with zero attached hydrogens (tertiary/aromatic N) is 2. The monoisotopic (exact) mass is 423 g/mol. The van der Waals surface area contributed by atoms with Gasteiger partial charge >= 0.3 is 6.03 Å². The summed E-state index contributed by atoms with van der Waals surface area (Å²) in [4.78, 5) is 40.5. The van der Waals surface area contributed by atoms with E-state index in [1.54, 1.807) is 29.2 Å². The van der Waals surface area contributed by atoms with Gasteiger partial charge in [0.2, 0.25) is 5.91 Å². The van der Waals surface area contributed by atoms with Crippen LogP contribution >= 0.6 is 0 Å². The first-order valence-electron chi connectivity index (χ1n) is 10.5. The van der Waals surface area contributed by atoms with Gasteiger partial charge < -0.3 is 25.8 Å². The van der Waals surface area contributed by atoms with E-state index in [1.165, 1.54) is 0 Å². The van der Waals surface area contributed by atoms with Crippen LogP contribution < -0.4 is 20.9 Å². The number of hydrogen-bond donors (Lipinski definition) is 3. The summed E-state index contributed by atoms with van der Waals surface area (Å²) >= 11 is 0. The first kappa shape index (κ1) is 22.1. The molecule has 1 aliphatic rings. The molecule has 1 saturated heterocycles. The maximum absolute atomic E-state index is 12.4. The number of benzene rings is 2. The zero-order valence-corrected chi connectivity index (χ0v) is 17.9. The van der Waals surface area contributed by atoms with Crippen LogP contribution in [0.15, 0.2) is 54.6 Å². The van der Waals surface area contributed by atoms with E-state index < -0.39 is 6.03 Å². The number of hydrogen-bond acceptors (Lipinski definition) is 4. The van der Waals surface area contributed by atoms with Crippen molar-refractivity contribution in [3.63, 3.8) is 0 Å². The minimum absolute atomic E-state index is 0.0509. The highest BCUT2D eigenvalue weighted by molar-refractivity contribution is 5.96. The van der Waals surface area contributed by atoms with Crippen molar-refractivity contribution in [2.45, 2.75) is 19.9 Å². The molecule has 0 aliphatic carbocycles. The molecule has 0 atom stereocenters. The van der Waals surface area contributed by atoms with E-state index in [1.807, 2.05) is 32.0 Å². The molecule has 1 aliphatic heterocycles. The Balaban J connectivity index is 1.40. The molecule has 4 amide bonds. The van der Waals surface area contributed by atoms with Gasteiger partial charge in [0.25, 0.3) is 5.91 Å². The summed E-state index contributed by atoms with van der Waals surface area (Å²) < 4.78 is 0. The molecule has 3 rings (SSSR count). The van der Waals surface area contributed by atoms with Crippen molar-refractivity contribution in [3.05, 3.63) is 60.2 Å². The molecule has 3 N–H and O–H groups in total. The van der Waals surface area contributed by atoms with Crippen molar-refractivity contribution in [2.24, 2.45) is 0 Å². The number of carbonyl (C=O) groups excluding carboxylic acids is 3. The summed E-state index contributed by atoms with van der Waals surface area (Å²) in [6.45, 7) is 6.49. The van der Waals surface area contributed by atoms with Gasteiger partial charge in [-0.25, -0.2) is 4.79 Å². The maximum atomic E-state index is 12.4. The number of rotatable bonds is 6. The molecule has 1 fully saturated rings. The Morgan fingerprint density at radius 2 is 1.55 bits per heavy atom. The second-order valence-electron chi connectivity index (χ2n) is 7.72. The fourth-order valence-corrected chi connectivity index (χ4v) is 3.35. The Labute approximate surface area is 182 Å². The van der Waals surface area contributed by atoms with Crippen LogP contribution in [0.2, 0.25) is 0 Å². The van der Waals surface area contributed by atoms with Crippen LogP contribution in [0.4, 0.5) is 16.2 Å². The molecule has 164 valence electrons. The molecule has 0 spiro atoms. The highest BCUT2D eigenvalue weighted by atomic mass is 16.2. The van der Waals surface area contributed by atoms with E-state index >= 15 is 0 Å². The van der Waals surface area contributed by atoms with Crippen LogP contribution in [-0.4, -0.2) is 61.5 Å². The molecular weight excluding hydrogens is 394 g/mol. The Morgan fingerprint density at radius 3 is 2.16 bits per heavy atom. The van der Waals surface area contributed by atoms with Crippen LogP contribution in [0.25, 0.3) is 0 Å². The fraction of sp³-hybridized carbons (Fsp3) is 0.348. The van der Waals surface area contributed by atoms with Gasteiger partial charge in [0, 0.05) is 49.2 Å². The van der Waals surface area contributed by atoms with Crippen LogP contribution in [-0.2, 0) is 4.79 Å². The third-order valence-corrected chi connectivity index (χ3v) is 4.98. The van der Waals surface area contributed by atoms with Crippen LogP contribution in [0.1, 0.15) is 24.2 Å². The maximum Gasteiger partial charge on any atom is 0.319 e. The van der Waals surface area contributed by atoms with Gasteiger partial charge in [-0.2, -0.15) is 0 Å². The number of nitrogens with one attached hydrogen (secondary N) is 3. The Hall–Kier alpha value is -3.55. The molecular formula is C23H29N5O3. The van der Waals surface area contributed by atoms with Gasteiger partial charge in [-0.3, -0.25) is 9.59 Å². The normalized spacial score (nSPS) is 13.6. The first-order chi connectivity index (χ1) is 14.9. The number of amides is 4. The first-order valence-corrected chi connectivity index (χ1v) is 10.5. The van der Waals surface area contributed by atoms with Crippen molar-refractivity contribution in [1.29, 1.82) is 0 Å². The molecule has 2 aromatic carbocycles. The second kappa shape index (κ2) is 10.5. The van der Waals surface area contributed by atoms with E-state index in [0.29, 0.717) is 24.3 Å². The summed E-state index contributed by atoms with van der Waals surface area (Å²) in [6.07, 6.45) is 0. The topological polar surface area (TPSA) is 93.8 Å². The lowest BCUT2D eigenvalue weighted by Crippen LogP contribution is -2.51. The molecule has 0 unspecified atom stereocenters. The van der Waals surface area contributed by atoms with E-state index in [2.05, 4.69) is 33.0 Å². The average Bonchev–Trinajstić information content (AvgIpc) is 2.78. The number of para-hydroxylation sites is 1. The minimum Gasteiger partial charge on any atom is -0.368 e. The fourth-order valence-electron chi connectivity index (χ4n) is 3.35. The third-order valence-electron chi connectivity index (χ3n) is 4.98. The standard InChI is InChI=1S/C23H29N5O3/c1-17(2)25-22(30)18-8-10-19(11-9-18)26-23(31)24-16-21(29)28-14-12-27(13-15-28)20-6-4-3-5-7-20/h3-11,17H,12-16H2,1-2H3,(H,25,30)(H2,24,26,31). The molecule has 31 heavy (non-hydrogen) atoms. The smallest absolute Gasteiger partial charge is 0.319 e. The van der Waals surface area contributed by atoms with E-state index in [9.17, 15) is 14.4 Å². The van der Waals surface area contributed by atoms with Gasteiger partial charge in [-0.05, 0) is 50.2 Å². The largest absolute Gasteiger partial charge is 0.368 e. The molecule has 0 bridgehead atoms. The predicted molar refractivity (Wildman–Crippen MR) is 121 cm³/mol. The number of urea groups is 1. The Kier molecular flexibility index (Phi) is 7.48. The summed E-state index contributed by atoms with van der Waals surface area (Å²) in [7, 11) is 0. The van der Waals surface area contributed by atoms with Gasteiger partial charge in [0.1, 0.15) is 0 Å². The highest BCUT2D eigenvalue weighted by Crippen LogP contribution is 2.15. The minimum atomic E-state index is -0.462. The summed E-state index contributed by atoms with van der Waals surface area (Å²) in [6, 6.07) is 16.3. The van der Waals surface area contributed by atoms with Crippen LogP contribution in [0, 0.1) is 0 Å². The molecule has 0 aromatic heterocycles. The second-order valence-corrected chi connectivity index (χ2v) is 7.72. The quantitative estimate of drug-likeness (QED) is 0.665. The average molecular weight is 424 g/mol. The summed E-state index contributed by atoms with van der Waals surface area (Å²) in [5.74, 6) is -0.271. The predicted octanol–water partition coefficient (Wildman–Crippen LogP) is 2.30. The molecule has 0 radical (unpaired) electrons. The number of anilines is 2. The van der Waals surface area contributed by atoms with Gasteiger partial charge in [-0.1, -0.05) is 18.2 Å². The third kappa shape index (κ3) is 6.47. The van der Waals surface area contributed by atoms with E-state index in [0.717, 1.165) is 18.8 Å². The van der Waals surface area contributed by atoms with Crippen molar-refractivity contribution in [3.8, 4) is 0 Å². The molecule has 1 heterocycles. The molecule has 2 aromatic rings. The highest BCUT2D eigenvalue weighted by Gasteiger charge is 2.21. The van der Waals surface area contributed by atoms with Gasteiger partial charge in [0.05, 0.1) is 6.54 Å². The summed E-state index contributed by atoms with van der Waals surface area (Å²) in [5, 5.41) is 8.09. The van der Waals surface area contributed by atoms with Gasteiger partial charge in [0.15, 0.2) is 0 Å². The van der Waals surface area contributed by atoms with Crippen molar-refractivity contribution >= 4 is 29.2 Å². The molecule has 0 saturated carbocycles. The Morgan fingerprint density at radius 1 is 0.903 bits per heavy atom. The van der Waals surface area contributed by atoms with Crippen LogP contribution in [0.3, 0.4) is 0 Å². The van der Waals surface area contributed by atoms with E-state index in [4.69, 9.17) is 0 Å². The number of carbonyl (C=O) groups is 3. The number of piperazine rings is 1. The molecule has 8 nitrogen and oxygen atoms in total. The summed E-state index contributed by atoms with van der Waals surface area (Å²) in [5.41, 5.74) is 2.21. The zero-order valence-electron chi connectivity index (χ0n) is 17.9.